The van der Waals surface area contributed by atoms with Gasteiger partial charge in [-0.1, -0.05) is 26.0 Å². The molecule has 0 aliphatic heterocycles. The Kier molecular flexibility index (Phi) is 5.70. The molecule has 17 heavy (non-hydrogen) atoms. The highest BCUT2D eigenvalue weighted by molar-refractivity contribution is 5.53. The van der Waals surface area contributed by atoms with Gasteiger partial charge in [-0.3, -0.25) is 0 Å². The largest absolute Gasteiger partial charge is 0.497 e. The fourth-order valence-corrected chi connectivity index (χ4v) is 1.65. The predicted molar refractivity (Wildman–Crippen MR) is 67.1 cm³/mol. The number of carbonyl (C=O) groups is 1. The van der Waals surface area contributed by atoms with Crippen molar-refractivity contribution in [3.8, 4) is 5.75 Å². The lowest BCUT2D eigenvalue weighted by Crippen LogP contribution is -2.21. The Balaban J connectivity index is 2.50. The number of benzene rings is 1. The third-order valence-electron chi connectivity index (χ3n) is 2.83. The quantitative estimate of drug-likeness (QED) is 0.683. The summed E-state index contributed by atoms with van der Waals surface area (Å²) in [6.45, 7) is 4.44. The van der Waals surface area contributed by atoms with Crippen molar-refractivity contribution in [2.75, 3.05) is 7.11 Å². The molecule has 1 rings (SSSR count). The molecule has 0 aliphatic carbocycles. The number of methoxy groups -OCH3 is 1. The van der Waals surface area contributed by atoms with Crippen molar-refractivity contribution in [3.63, 3.8) is 0 Å². The highest BCUT2D eigenvalue weighted by Gasteiger charge is 2.14. The lowest BCUT2D eigenvalue weighted by atomic mass is 10.0. The first-order valence-corrected chi connectivity index (χ1v) is 5.91. The van der Waals surface area contributed by atoms with Crippen LogP contribution in [0, 0.1) is 5.92 Å². The molecule has 0 N–H and O–H groups in total. The second-order valence-electron chi connectivity index (χ2n) is 4.10. The summed E-state index contributed by atoms with van der Waals surface area (Å²) >= 11 is 0. The molecule has 0 bridgehead atoms. The average molecular weight is 236 g/mol. The maximum atomic E-state index is 10.7. The van der Waals surface area contributed by atoms with Crippen LogP contribution in [0.25, 0.3) is 0 Å². The van der Waals surface area contributed by atoms with E-state index in [9.17, 15) is 4.79 Å². The summed E-state index contributed by atoms with van der Waals surface area (Å²) in [6.07, 6.45) is 1.78. The monoisotopic (exact) mass is 236 g/mol. The lowest BCUT2D eigenvalue weighted by Gasteiger charge is -2.18. The summed E-state index contributed by atoms with van der Waals surface area (Å²) in [5.74, 6) is 0.778. The van der Waals surface area contributed by atoms with Gasteiger partial charge in [0, 0.05) is 5.92 Å². The summed E-state index contributed by atoms with van der Waals surface area (Å²) < 4.78 is 10.8. The van der Waals surface area contributed by atoms with Crippen LogP contribution < -0.4 is 4.74 Å². The van der Waals surface area contributed by atoms with Crippen LogP contribution in [-0.2, 0) is 16.1 Å². The van der Waals surface area contributed by atoms with E-state index in [0.29, 0.717) is 6.61 Å². The van der Waals surface area contributed by atoms with Crippen LogP contribution in [0.5, 0.6) is 5.75 Å². The highest BCUT2D eigenvalue weighted by atomic mass is 16.5. The van der Waals surface area contributed by atoms with Crippen LogP contribution in [0.2, 0.25) is 0 Å². The van der Waals surface area contributed by atoms with Gasteiger partial charge in [-0.05, 0) is 24.1 Å². The van der Waals surface area contributed by atoms with Gasteiger partial charge < -0.3 is 14.3 Å². The molecule has 3 nitrogen and oxygen atoms in total. The number of aldehydes is 1. The SMILES string of the molecule is CC[C@@H](OCc1ccc(OC)cc1)[C@@H](C)C=O. The van der Waals surface area contributed by atoms with Crippen LogP contribution in [0.15, 0.2) is 24.3 Å². The molecule has 0 saturated heterocycles. The van der Waals surface area contributed by atoms with Gasteiger partial charge in [-0.15, -0.1) is 0 Å². The van der Waals surface area contributed by atoms with Gasteiger partial charge in [0.05, 0.1) is 19.8 Å². The van der Waals surface area contributed by atoms with Crippen molar-refractivity contribution >= 4 is 6.29 Å². The zero-order valence-electron chi connectivity index (χ0n) is 10.7. The van der Waals surface area contributed by atoms with E-state index in [1.807, 2.05) is 38.1 Å². The Labute approximate surface area is 103 Å². The molecule has 94 valence electrons. The maximum Gasteiger partial charge on any atom is 0.125 e. The molecule has 0 amide bonds. The van der Waals surface area contributed by atoms with Crippen LogP contribution in [-0.4, -0.2) is 19.5 Å². The Bertz CT molecular complexity index is 332. The molecule has 1 aromatic carbocycles. The summed E-state index contributed by atoms with van der Waals surface area (Å²) in [4.78, 5) is 10.7. The summed E-state index contributed by atoms with van der Waals surface area (Å²) in [5.41, 5.74) is 1.09. The number of ether oxygens (including phenoxy) is 2. The van der Waals surface area contributed by atoms with E-state index in [1.165, 1.54) is 0 Å². The van der Waals surface area contributed by atoms with Crippen LogP contribution >= 0.6 is 0 Å². The number of carbonyl (C=O) groups excluding carboxylic acids is 1. The summed E-state index contributed by atoms with van der Waals surface area (Å²) in [6, 6.07) is 7.75. The predicted octanol–water partition coefficient (Wildman–Crippen LogP) is 2.83. The van der Waals surface area contributed by atoms with Gasteiger partial charge >= 0.3 is 0 Å². The first kappa shape index (κ1) is 13.7. The van der Waals surface area contributed by atoms with E-state index in [1.54, 1.807) is 7.11 Å². The zero-order chi connectivity index (χ0) is 12.7. The molecule has 0 aromatic heterocycles. The van der Waals surface area contributed by atoms with Gasteiger partial charge in [0.25, 0.3) is 0 Å². The Morgan fingerprint density at radius 2 is 1.94 bits per heavy atom. The van der Waals surface area contributed by atoms with E-state index in [0.717, 1.165) is 24.0 Å². The third kappa shape index (κ3) is 4.19. The molecule has 0 radical (unpaired) electrons. The van der Waals surface area contributed by atoms with Crippen molar-refractivity contribution in [2.24, 2.45) is 5.92 Å². The Morgan fingerprint density at radius 3 is 2.41 bits per heavy atom. The fraction of sp³-hybridized carbons (Fsp3) is 0.500. The van der Waals surface area contributed by atoms with Crippen molar-refractivity contribution < 1.29 is 14.3 Å². The van der Waals surface area contributed by atoms with E-state index in [2.05, 4.69) is 0 Å². The van der Waals surface area contributed by atoms with Crippen molar-refractivity contribution in [1.82, 2.24) is 0 Å². The molecule has 0 aliphatic rings. The molecule has 0 heterocycles. The summed E-state index contributed by atoms with van der Waals surface area (Å²) in [7, 11) is 1.64. The molecular weight excluding hydrogens is 216 g/mol. The minimum Gasteiger partial charge on any atom is -0.497 e. The van der Waals surface area contributed by atoms with Gasteiger partial charge in [0.2, 0.25) is 0 Å². The van der Waals surface area contributed by atoms with Gasteiger partial charge in [-0.25, -0.2) is 0 Å². The Hall–Kier alpha value is -1.35. The van der Waals surface area contributed by atoms with Crippen LogP contribution in [0.3, 0.4) is 0 Å². The first-order valence-electron chi connectivity index (χ1n) is 5.91. The number of hydrogen-bond acceptors (Lipinski definition) is 3. The fourth-order valence-electron chi connectivity index (χ4n) is 1.65. The van der Waals surface area contributed by atoms with Crippen molar-refractivity contribution in [3.05, 3.63) is 29.8 Å². The van der Waals surface area contributed by atoms with Gasteiger partial charge in [0.1, 0.15) is 12.0 Å². The second kappa shape index (κ2) is 7.07. The zero-order valence-corrected chi connectivity index (χ0v) is 10.7. The Morgan fingerprint density at radius 1 is 1.29 bits per heavy atom. The van der Waals surface area contributed by atoms with Crippen LogP contribution in [0.1, 0.15) is 25.8 Å². The molecular formula is C14H20O3. The average Bonchev–Trinajstić information content (AvgIpc) is 2.39. The minimum absolute atomic E-state index is 0.00500. The van der Waals surface area contributed by atoms with Crippen LogP contribution in [0.4, 0.5) is 0 Å². The molecule has 1 aromatic rings. The topological polar surface area (TPSA) is 35.5 Å². The number of rotatable bonds is 7. The molecule has 2 atom stereocenters. The van der Waals surface area contributed by atoms with Crippen molar-refractivity contribution in [1.29, 1.82) is 0 Å². The van der Waals surface area contributed by atoms with Gasteiger partial charge in [0.15, 0.2) is 0 Å². The lowest BCUT2D eigenvalue weighted by molar-refractivity contribution is -0.115. The molecule has 0 saturated carbocycles. The minimum atomic E-state index is -0.0572. The normalized spacial score (nSPS) is 14.1. The summed E-state index contributed by atoms with van der Waals surface area (Å²) in [5, 5.41) is 0. The van der Waals surface area contributed by atoms with E-state index >= 15 is 0 Å². The standard InChI is InChI=1S/C14H20O3/c1-4-14(11(2)9-15)17-10-12-5-7-13(16-3)8-6-12/h5-9,11,14H,4,10H2,1-3H3/t11-,14+/m0/s1. The van der Waals surface area contributed by atoms with Gasteiger partial charge in [-0.2, -0.15) is 0 Å². The molecule has 0 unspecified atom stereocenters. The first-order chi connectivity index (χ1) is 8.21. The van der Waals surface area contributed by atoms with Crippen molar-refractivity contribution in [2.45, 2.75) is 33.0 Å². The highest BCUT2D eigenvalue weighted by Crippen LogP contribution is 2.15. The number of hydrogen-bond donors (Lipinski definition) is 0. The van der Waals surface area contributed by atoms with E-state index < -0.39 is 0 Å². The van der Waals surface area contributed by atoms with E-state index in [4.69, 9.17) is 9.47 Å². The second-order valence-corrected chi connectivity index (χ2v) is 4.10. The maximum absolute atomic E-state index is 10.7. The smallest absolute Gasteiger partial charge is 0.125 e. The molecule has 0 spiro atoms. The molecule has 3 heteroatoms. The molecule has 0 fully saturated rings. The van der Waals surface area contributed by atoms with E-state index in [-0.39, 0.29) is 12.0 Å². The third-order valence-corrected chi connectivity index (χ3v) is 2.83.